The smallest absolute Gasteiger partial charge is 0.243 e. The molecular weight excluding hydrogens is 264 g/mol. The van der Waals surface area contributed by atoms with Crippen LogP contribution in [0.2, 0.25) is 0 Å². The maximum Gasteiger partial charge on any atom is 0.243 e. The number of likely N-dealkylation sites (N-methyl/N-ethyl adjacent to an activating group) is 1. The molecule has 1 rings (SSSR count). The molecule has 122 valence electrons. The van der Waals surface area contributed by atoms with Gasteiger partial charge in [-0.2, -0.15) is 0 Å². The number of rotatable bonds is 6. The SMILES string of the molecule is CC(C)CCNC(=NCC(=O)N(C)C)NC1CCCCC1. The van der Waals surface area contributed by atoms with Gasteiger partial charge in [0.15, 0.2) is 5.96 Å². The number of nitrogens with one attached hydrogen (secondary N) is 2. The summed E-state index contributed by atoms with van der Waals surface area (Å²) in [7, 11) is 3.52. The first-order valence-electron chi connectivity index (χ1n) is 8.24. The Morgan fingerprint density at radius 1 is 1.24 bits per heavy atom. The Bertz CT molecular complexity index is 333. The van der Waals surface area contributed by atoms with Crippen molar-refractivity contribution in [3.05, 3.63) is 0 Å². The topological polar surface area (TPSA) is 56.7 Å². The van der Waals surface area contributed by atoms with Gasteiger partial charge in [-0.05, 0) is 25.2 Å². The minimum atomic E-state index is 0.0311. The zero-order chi connectivity index (χ0) is 15.7. The molecule has 5 nitrogen and oxygen atoms in total. The number of nitrogens with zero attached hydrogens (tertiary/aromatic N) is 2. The van der Waals surface area contributed by atoms with E-state index in [1.165, 1.54) is 32.1 Å². The van der Waals surface area contributed by atoms with Gasteiger partial charge in [-0.25, -0.2) is 4.99 Å². The van der Waals surface area contributed by atoms with Gasteiger partial charge in [0.2, 0.25) is 5.91 Å². The van der Waals surface area contributed by atoms with E-state index in [1.54, 1.807) is 19.0 Å². The molecule has 1 aliphatic rings. The van der Waals surface area contributed by atoms with Crippen molar-refractivity contribution < 1.29 is 4.79 Å². The van der Waals surface area contributed by atoms with Crippen molar-refractivity contribution in [2.24, 2.45) is 10.9 Å². The number of guanidine groups is 1. The number of aliphatic imine (C=N–C) groups is 1. The molecule has 0 aromatic rings. The van der Waals surface area contributed by atoms with E-state index < -0.39 is 0 Å². The fourth-order valence-electron chi connectivity index (χ4n) is 2.36. The molecule has 0 saturated heterocycles. The van der Waals surface area contributed by atoms with Crippen LogP contribution in [0.4, 0.5) is 0 Å². The molecule has 0 aliphatic heterocycles. The molecule has 0 heterocycles. The minimum absolute atomic E-state index is 0.0311. The Kier molecular flexibility index (Phi) is 8.16. The second kappa shape index (κ2) is 9.64. The van der Waals surface area contributed by atoms with Crippen LogP contribution in [0.1, 0.15) is 52.4 Å². The maximum absolute atomic E-state index is 11.7. The third kappa shape index (κ3) is 7.93. The van der Waals surface area contributed by atoms with Crippen molar-refractivity contribution in [1.29, 1.82) is 0 Å². The lowest BCUT2D eigenvalue weighted by Gasteiger charge is -2.25. The molecular formula is C16H32N4O. The van der Waals surface area contributed by atoms with Gasteiger partial charge >= 0.3 is 0 Å². The molecule has 1 aliphatic carbocycles. The van der Waals surface area contributed by atoms with Gasteiger partial charge in [0.1, 0.15) is 6.54 Å². The second-order valence-electron chi connectivity index (χ2n) is 6.54. The summed E-state index contributed by atoms with van der Waals surface area (Å²) in [4.78, 5) is 17.7. The fourth-order valence-corrected chi connectivity index (χ4v) is 2.36. The van der Waals surface area contributed by atoms with E-state index in [1.807, 2.05) is 0 Å². The molecule has 21 heavy (non-hydrogen) atoms. The van der Waals surface area contributed by atoms with Crippen molar-refractivity contribution in [2.75, 3.05) is 27.2 Å². The van der Waals surface area contributed by atoms with Crippen molar-refractivity contribution >= 4 is 11.9 Å². The van der Waals surface area contributed by atoms with E-state index in [4.69, 9.17) is 0 Å². The number of hydrogen-bond acceptors (Lipinski definition) is 2. The van der Waals surface area contributed by atoms with Crippen molar-refractivity contribution in [3.63, 3.8) is 0 Å². The van der Waals surface area contributed by atoms with Crippen LogP contribution in [0, 0.1) is 5.92 Å². The summed E-state index contributed by atoms with van der Waals surface area (Å²) in [5.41, 5.74) is 0. The van der Waals surface area contributed by atoms with Crippen molar-refractivity contribution in [1.82, 2.24) is 15.5 Å². The van der Waals surface area contributed by atoms with Crippen LogP contribution in [-0.4, -0.2) is 50.0 Å². The standard InChI is InChI=1S/C16H32N4O/c1-13(2)10-11-17-16(18-12-15(21)20(3)4)19-14-8-6-5-7-9-14/h13-14H,5-12H2,1-4H3,(H2,17,18,19). The summed E-state index contributed by atoms with van der Waals surface area (Å²) >= 11 is 0. The quantitative estimate of drug-likeness (QED) is 0.582. The number of carbonyl (C=O) groups excluding carboxylic acids is 1. The average molecular weight is 296 g/mol. The molecule has 1 amide bonds. The van der Waals surface area contributed by atoms with Crippen LogP contribution in [0.5, 0.6) is 0 Å². The normalized spacial score (nSPS) is 16.9. The lowest BCUT2D eigenvalue weighted by atomic mass is 9.96. The van der Waals surface area contributed by atoms with Crippen LogP contribution in [-0.2, 0) is 4.79 Å². The summed E-state index contributed by atoms with van der Waals surface area (Å²) < 4.78 is 0. The summed E-state index contributed by atoms with van der Waals surface area (Å²) in [6.07, 6.45) is 7.41. The molecule has 5 heteroatoms. The van der Waals surface area contributed by atoms with Gasteiger partial charge < -0.3 is 15.5 Å². The molecule has 0 spiro atoms. The highest BCUT2D eigenvalue weighted by Gasteiger charge is 2.15. The van der Waals surface area contributed by atoms with Crippen LogP contribution < -0.4 is 10.6 Å². The summed E-state index contributed by atoms with van der Waals surface area (Å²) in [5.74, 6) is 1.48. The number of hydrogen-bond donors (Lipinski definition) is 2. The molecule has 2 N–H and O–H groups in total. The Morgan fingerprint density at radius 3 is 2.48 bits per heavy atom. The third-order valence-corrected chi connectivity index (χ3v) is 3.83. The lowest BCUT2D eigenvalue weighted by Crippen LogP contribution is -2.45. The predicted octanol–water partition coefficient (Wildman–Crippen LogP) is 1.99. The van der Waals surface area contributed by atoms with E-state index >= 15 is 0 Å². The highest BCUT2D eigenvalue weighted by Crippen LogP contribution is 2.17. The Balaban J connectivity index is 2.50. The first kappa shape index (κ1) is 17.8. The third-order valence-electron chi connectivity index (χ3n) is 3.83. The zero-order valence-electron chi connectivity index (χ0n) is 14.1. The van der Waals surface area contributed by atoms with Crippen molar-refractivity contribution in [3.8, 4) is 0 Å². The summed E-state index contributed by atoms with van der Waals surface area (Å²) in [6.45, 7) is 5.52. The summed E-state index contributed by atoms with van der Waals surface area (Å²) in [5, 5.41) is 6.85. The predicted molar refractivity (Wildman–Crippen MR) is 88.5 cm³/mol. The molecule has 0 aromatic carbocycles. The van der Waals surface area contributed by atoms with Gasteiger partial charge in [0, 0.05) is 26.7 Å². The van der Waals surface area contributed by atoms with Gasteiger partial charge in [-0.3, -0.25) is 4.79 Å². The van der Waals surface area contributed by atoms with Crippen LogP contribution >= 0.6 is 0 Å². The van der Waals surface area contributed by atoms with Crippen molar-refractivity contribution in [2.45, 2.75) is 58.4 Å². The molecule has 1 fully saturated rings. The molecule has 1 saturated carbocycles. The van der Waals surface area contributed by atoms with E-state index in [-0.39, 0.29) is 12.5 Å². The molecule has 0 bridgehead atoms. The number of amides is 1. The van der Waals surface area contributed by atoms with E-state index in [9.17, 15) is 4.79 Å². The lowest BCUT2D eigenvalue weighted by molar-refractivity contribution is -0.127. The molecule has 0 radical (unpaired) electrons. The zero-order valence-corrected chi connectivity index (χ0v) is 14.1. The van der Waals surface area contributed by atoms with Crippen LogP contribution in [0.15, 0.2) is 4.99 Å². The first-order chi connectivity index (χ1) is 9.99. The maximum atomic E-state index is 11.7. The highest BCUT2D eigenvalue weighted by molar-refractivity contribution is 5.84. The van der Waals surface area contributed by atoms with Gasteiger partial charge in [-0.15, -0.1) is 0 Å². The minimum Gasteiger partial charge on any atom is -0.356 e. The summed E-state index contributed by atoms with van der Waals surface area (Å²) in [6, 6.07) is 0.499. The van der Waals surface area contributed by atoms with Gasteiger partial charge in [-0.1, -0.05) is 33.1 Å². The molecule has 0 aromatic heterocycles. The fraction of sp³-hybridized carbons (Fsp3) is 0.875. The Hall–Kier alpha value is -1.26. The molecule has 0 unspecified atom stereocenters. The van der Waals surface area contributed by atoms with Gasteiger partial charge in [0.25, 0.3) is 0 Å². The van der Waals surface area contributed by atoms with E-state index in [0.717, 1.165) is 18.9 Å². The second-order valence-corrected chi connectivity index (χ2v) is 6.54. The Morgan fingerprint density at radius 2 is 1.90 bits per heavy atom. The van der Waals surface area contributed by atoms with E-state index in [0.29, 0.717) is 12.0 Å². The first-order valence-corrected chi connectivity index (χ1v) is 8.24. The largest absolute Gasteiger partial charge is 0.356 e. The van der Waals surface area contributed by atoms with E-state index in [2.05, 4.69) is 29.5 Å². The Labute approximate surface area is 129 Å². The average Bonchev–Trinajstić information content (AvgIpc) is 2.44. The monoisotopic (exact) mass is 296 g/mol. The number of carbonyl (C=O) groups is 1. The van der Waals surface area contributed by atoms with Crippen LogP contribution in [0.3, 0.4) is 0 Å². The highest BCUT2D eigenvalue weighted by atomic mass is 16.2. The molecule has 0 atom stereocenters. The van der Waals surface area contributed by atoms with Gasteiger partial charge in [0.05, 0.1) is 0 Å². The van der Waals surface area contributed by atoms with Crippen LogP contribution in [0.25, 0.3) is 0 Å².